The molecule has 0 radical (unpaired) electrons. The average molecular weight is 272 g/mol. The first kappa shape index (κ1) is 13.8. The summed E-state index contributed by atoms with van der Waals surface area (Å²) in [6.45, 7) is 4.18. The van der Waals surface area contributed by atoms with E-state index in [9.17, 15) is 18.0 Å². The Morgan fingerprint density at radius 3 is 2.63 bits per heavy atom. The van der Waals surface area contributed by atoms with Gasteiger partial charge in [-0.25, -0.2) is 0 Å². The molecule has 0 aliphatic carbocycles. The summed E-state index contributed by atoms with van der Waals surface area (Å²) >= 11 is 0. The Hall–Kier alpha value is -1.59. The molecule has 6 heteroatoms. The fourth-order valence-corrected chi connectivity index (χ4v) is 2.42. The van der Waals surface area contributed by atoms with Crippen molar-refractivity contribution in [1.29, 1.82) is 0 Å². The number of hydrogen-bond donors (Lipinski definition) is 0. The van der Waals surface area contributed by atoms with E-state index in [0.717, 1.165) is 18.9 Å². The lowest BCUT2D eigenvalue weighted by molar-refractivity contribution is -0.138. The molecule has 0 atom stereocenters. The van der Waals surface area contributed by atoms with E-state index in [1.54, 1.807) is 0 Å². The standard InChI is InChI=1S/C13H15F3N2O/c1-12(2)6-4-8-18(12)11(19)10-9(13(14,15)16)5-3-7-17-10/h3,5,7H,4,6,8H2,1-2H3. The van der Waals surface area contributed by atoms with Crippen molar-refractivity contribution in [2.75, 3.05) is 6.54 Å². The Bertz CT molecular complexity index is 497. The first-order valence-electron chi connectivity index (χ1n) is 6.08. The second-order valence-corrected chi connectivity index (χ2v) is 5.27. The zero-order valence-electron chi connectivity index (χ0n) is 10.8. The van der Waals surface area contributed by atoms with Gasteiger partial charge in [-0.15, -0.1) is 0 Å². The molecule has 0 N–H and O–H groups in total. The van der Waals surface area contributed by atoms with Gasteiger partial charge in [0.2, 0.25) is 0 Å². The van der Waals surface area contributed by atoms with Gasteiger partial charge in [0.1, 0.15) is 5.69 Å². The van der Waals surface area contributed by atoms with Crippen molar-refractivity contribution in [3.05, 3.63) is 29.6 Å². The summed E-state index contributed by atoms with van der Waals surface area (Å²) in [5, 5.41) is 0. The molecule has 104 valence electrons. The quantitative estimate of drug-likeness (QED) is 0.787. The maximum absolute atomic E-state index is 12.9. The molecule has 0 saturated carbocycles. The van der Waals surface area contributed by atoms with Gasteiger partial charge in [-0.2, -0.15) is 13.2 Å². The zero-order chi connectivity index (χ0) is 14.3. The summed E-state index contributed by atoms with van der Waals surface area (Å²) in [7, 11) is 0. The van der Waals surface area contributed by atoms with Crippen molar-refractivity contribution in [2.24, 2.45) is 0 Å². The lowest BCUT2D eigenvalue weighted by atomic mass is 10.0. The number of amides is 1. The minimum Gasteiger partial charge on any atom is -0.332 e. The summed E-state index contributed by atoms with van der Waals surface area (Å²) in [4.78, 5) is 17.4. The molecule has 0 spiro atoms. The van der Waals surface area contributed by atoms with Crippen LogP contribution < -0.4 is 0 Å². The van der Waals surface area contributed by atoms with Crippen LogP contribution in [0.5, 0.6) is 0 Å². The number of halogens is 3. The van der Waals surface area contributed by atoms with Crippen LogP contribution in [0.4, 0.5) is 13.2 Å². The molecule has 1 saturated heterocycles. The molecule has 19 heavy (non-hydrogen) atoms. The predicted molar refractivity (Wildman–Crippen MR) is 63.6 cm³/mol. The molecule has 0 unspecified atom stereocenters. The molecule has 1 aliphatic rings. The summed E-state index contributed by atoms with van der Waals surface area (Å²) < 4.78 is 38.6. The van der Waals surface area contributed by atoms with Gasteiger partial charge in [0, 0.05) is 18.3 Å². The summed E-state index contributed by atoms with van der Waals surface area (Å²) in [6, 6.07) is 2.08. The molecule has 3 nitrogen and oxygen atoms in total. The van der Waals surface area contributed by atoms with Crippen LogP contribution in [0, 0.1) is 0 Å². The minimum atomic E-state index is -4.57. The van der Waals surface area contributed by atoms with Gasteiger partial charge in [-0.05, 0) is 38.8 Å². The number of nitrogens with zero attached hydrogens (tertiary/aromatic N) is 2. The van der Waals surface area contributed by atoms with E-state index >= 15 is 0 Å². The lowest BCUT2D eigenvalue weighted by Gasteiger charge is -2.31. The van der Waals surface area contributed by atoms with E-state index in [1.807, 2.05) is 13.8 Å². The van der Waals surface area contributed by atoms with Crippen LogP contribution in [0.1, 0.15) is 42.7 Å². The first-order chi connectivity index (χ1) is 8.73. The van der Waals surface area contributed by atoms with Gasteiger partial charge < -0.3 is 4.90 Å². The van der Waals surface area contributed by atoms with Gasteiger partial charge >= 0.3 is 6.18 Å². The predicted octanol–water partition coefficient (Wildman–Crippen LogP) is 3.12. The first-order valence-corrected chi connectivity index (χ1v) is 6.08. The Morgan fingerprint density at radius 1 is 1.42 bits per heavy atom. The van der Waals surface area contributed by atoms with Crippen molar-refractivity contribution in [3.63, 3.8) is 0 Å². The molecule has 2 rings (SSSR count). The van der Waals surface area contributed by atoms with Gasteiger partial charge in [0.25, 0.3) is 5.91 Å². The number of alkyl halides is 3. The molecule has 1 amide bonds. The Morgan fingerprint density at radius 2 is 2.11 bits per heavy atom. The third-order valence-electron chi connectivity index (χ3n) is 3.46. The highest BCUT2D eigenvalue weighted by molar-refractivity contribution is 5.94. The van der Waals surface area contributed by atoms with E-state index in [0.29, 0.717) is 6.54 Å². The molecular formula is C13H15F3N2O. The summed E-state index contributed by atoms with van der Waals surface area (Å²) in [6.07, 6.45) is -1.77. The van der Waals surface area contributed by atoms with Gasteiger partial charge in [-0.3, -0.25) is 9.78 Å². The molecule has 1 aromatic rings. The highest BCUT2D eigenvalue weighted by atomic mass is 19.4. The van der Waals surface area contributed by atoms with E-state index < -0.39 is 28.9 Å². The van der Waals surface area contributed by atoms with E-state index in [4.69, 9.17) is 0 Å². The van der Waals surface area contributed by atoms with Crippen LogP contribution in [0.25, 0.3) is 0 Å². The summed E-state index contributed by atoms with van der Waals surface area (Å²) in [5.41, 5.74) is -1.90. The van der Waals surface area contributed by atoms with Crippen LogP contribution in [-0.4, -0.2) is 27.9 Å². The summed E-state index contributed by atoms with van der Waals surface area (Å²) in [5.74, 6) is -0.643. The van der Waals surface area contributed by atoms with Gasteiger partial charge in [0.15, 0.2) is 0 Å². The zero-order valence-corrected chi connectivity index (χ0v) is 10.8. The van der Waals surface area contributed by atoms with Crippen molar-refractivity contribution < 1.29 is 18.0 Å². The number of hydrogen-bond acceptors (Lipinski definition) is 2. The number of carbonyl (C=O) groups excluding carboxylic acids is 1. The smallest absolute Gasteiger partial charge is 0.332 e. The second-order valence-electron chi connectivity index (χ2n) is 5.27. The maximum Gasteiger partial charge on any atom is 0.418 e. The molecule has 1 aliphatic heterocycles. The maximum atomic E-state index is 12.9. The molecule has 2 heterocycles. The van der Waals surface area contributed by atoms with Gasteiger partial charge in [-0.1, -0.05) is 0 Å². The van der Waals surface area contributed by atoms with Crippen LogP contribution in [0.2, 0.25) is 0 Å². The van der Waals surface area contributed by atoms with E-state index in [2.05, 4.69) is 4.98 Å². The normalized spacial score (nSPS) is 18.7. The second kappa shape index (κ2) is 4.51. The molecule has 0 aromatic carbocycles. The van der Waals surface area contributed by atoms with Crippen molar-refractivity contribution in [1.82, 2.24) is 9.88 Å². The van der Waals surface area contributed by atoms with Crippen molar-refractivity contribution in [2.45, 2.75) is 38.4 Å². The largest absolute Gasteiger partial charge is 0.418 e. The van der Waals surface area contributed by atoms with E-state index in [-0.39, 0.29) is 0 Å². The Labute approximate surface area is 109 Å². The molecular weight excluding hydrogens is 257 g/mol. The van der Waals surface area contributed by atoms with Crippen LogP contribution >= 0.6 is 0 Å². The van der Waals surface area contributed by atoms with Crippen molar-refractivity contribution in [3.8, 4) is 0 Å². The average Bonchev–Trinajstić information content (AvgIpc) is 2.67. The Balaban J connectivity index is 2.40. The van der Waals surface area contributed by atoms with Crippen molar-refractivity contribution >= 4 is 5.91 Å². The molecule has 1 aromatic heterocycles. The number of carbonyl (C=O) groups is 1. The number of rotatable bonds is 1. The number of likely N-dealkylation sites (tertiary alicyclic amines) is 1. The molecule has 0 bridgehead atoms. The van der Waals surface area contributed by atoms with E-state index in [1.165, 1.54) is 17.2 Å². The van der Waals surface area contributed by atoms with Gasteiger partial charge in [0.05, 0.1) is 5.56 Å². The third-order valence-corrected chi connectivity index (χ3v) is 3.46. The third kappa shape index (κ3) is 2.57. The van der Waals surface area contributed by atoms with Crippen LogP contribution in [0.3, 0.4) is 0 Å². The fraction of sp³-hybridized carbons (Fsp3) is 0.538. The highest BCUT2D eigenvalue weighted by Crippen LogP contribution is 2.34. The number of pyridine rings is 1. The Kier molecular flexibility index (Phi) is 3.28. The topological polar surface area (TPSA) is 33.2 Å². The van der Waals surface area contributed by atoms with Crippen LogP contribution in [0.15, 0.2) is 18.3 Å². The highest BCUT2D eigenvalue weighted by Gasteiger charge is 2.41. The molecule has 1 fully saturated rings. The van der Waals surface area contributed by atoms with Crippen LogP contribution in [-0.2, 0) is 6.18 Å². The lowest BCUT2D eigenvalue weighted by Crippen LogP contribution is -2.43. The number of aromatic nitrogens is 1. The fourth-order valence-electron chi connectivity index (χ4n) is 2.42. The minimum absolute atomic E-state index is 0.419. The SMILES string of the molecule is CC1(C)CCCN1C(=O)c1ncccc1C(F)(F)F. The monoisotopic (exact) mass is 272 g/mol.